The zero-order valence-corrected chi connectivity index (χ0v) is 11.7. The lowest BCUT2D eigenvalue weighted by Gasteiger charge is -2.20. The highest BCUT2D eigenvalue weighted by Gasteiger charge is 2.17. The molecule has 0 aliphatic rings. The average molecular weight is 274 g/mol. The molecule has 0 aromatic heterocycles. The zero-order chi connectivity index (χ0) is 14.5. The summed E-state index contributed by atoms with van der Waals surface area (Å²) in [5, 5.41) is 0. The smallest absolute Gasteiger partial charge is 0.126 e. The van der Waals surface area contributed by atoms with E-state index in [-0.39, 0.29) is 11.9 Å². The molecule has 1 unspecified atom stereocenters. The van der Waals surface area contributed by atoms with E-state index < -0.39 is 0 Å². The first-order valence-electron chi connectivity index (χ1n) is 6.61. The number of ether oxygens (including phenoxy) is 1. The summed E-state index contributed by atoms with van der Waals surface area (Å²) in [7, 11) is 0. The summed E-state index contributed by atoms with van der Waals surface area (Å²) in [4.78, 5) is 0. The molecule has 2 rings (SSSR count). The highest BCUT2D eigenvalue weighted by Crippen LogP contribution is 2.30. The van der Waals surface area contributed by atoms with Gasteiger partial charge in [-0.05, 0) is 37.1 Å². The fraction of sp³-hybridized carbons (Fsp3) is 0.250. The first kappa shape index (κ1) is 14.5. The Bertz CT molecular complexity index is 586. The van der Waals surface area contributed by atoms with Crippen LogP contribution >= 0.6 is 0 Å². The number of halogens is 1. The van der Waals surface area contributed by atoms with Gasteiger partial charge in [-0.25, -0.2) is 9.82 Å². The summed E-state index contributed by atoms with van der Waals surface area (Å²) in [6.07, 6.45) is 0. The molecule has 1 atom stereocenters. The number of nitrogens with one attached hydrogen (secondary N) is 1. The predicted octanol–water partition coefficient (Wildman–Crippen LogP) is 3.09. The maximum Gasteiger partial charge on any atom is 0.126 e. The number of rotatable bonds is 5. The van der Waals surface area contributed by atoms with Gasteiger partial charge in [0.25, 0.3) is 0 Å². The SMILES string of the molecule is CCOc1ccccc1C(NN)c1ccc(C)c(F)c1. The van der Waals surface area contributed by atoms with Gasteiger partial charge in [0.15, 0.2) is 0 Å². The fourth-order valence-corrected chi connectivity index (χ4v) is 2.16. The van der Waals surface area contributed by atoms with Crippen molar-refractivity contribution in [3.63, 3.8) is 0 Å². The van der Waals surface area contributed by atoms with E-state index in [4.69, 9.17) is 10.6 Å². The van der Waals surface area contributed by atoms with Gasteiger partial charge >= 0.3 is 0 Å². The van der Waals surface area contributed by atoms with E-state index in [0.717, 1.165) is 16.9 Å². The van der Waals surface area contributed by atoms with Crippen LogP contribution in [0, 0.1) is 12.7 Å². The Labute approximate surface area is 118 Å². The zero-order valence-electron chi connectivity index (χ0n) is 11.7. The second kappa shape index (κ2) is 6.50. The molecule has 0 heterocycles. The van der Waals surface area contributed by atoms with Crippen molar-refractivity contribution >= 4 is 0 Å². The molecule has 20 heavy (non-hydrogen) atoms. The van der Waals surface area contributed by atoms with Crippen molar-refractivity contribution in [1.29, 1.82) is 0 Å². The molecule has 0 aliphatic heterocycles. The minimum Gasteiger partial charge on any atom is -0.494 e. The molecule has 2 aromatic carbocycles. The van der Waals surface area contributed by atoms with Crippen molar-refractivity contribution < 1.29 is 9.13 Å². The molecule has 0 fully saturated rings. The predicted molar refractivity (Wildman–Crippen MR) is 77.9 cm³/mol. The third kappa shape index (κ3) is 2.98. The Morgan fingerprint density at radius 3 is 2.65 bits per heavy atom. The lowest BCUT2D eigenvalue weighted by molar-refractivity contribution is 0.333. The van der Waals surface area contributed by atoms with Crippen LogP contribution in [0.2, 0.25) is 0 Å². The molecule has 0 spiro atoms. The van der Waals surface area contributed by atoms with E-state index in [2.05, 4.69) is 5.43 Å². The highest BCUT2D eigenvalue weighted by molar-refractivity contribution is 5.42. The molecule has 0 saturated heterocycles. The van der Waals surface area contributed by atoms with Gasteiger partial charge in [0.2, 0.25) is 0 Å². The standard InChI is InChI=1S/C16H19FN2O/c1-3-20-15-7-5-4-6-13(15)16(19-18)12-9-8-11(2)14(17)10-12/h4-10,16,19H,3,18H2,1-2H3. The van der Waals surface area contributed by atoms with Crippen LogP contribution in [0.3, 0.4) is 0 Å². The molecule has 3 nitrogen and oxygen atoms in total. The third-order valence-corrected chi connectivity index (χ3v) is 3.23. The fourth-order valence-electron chi connectivity index (χ4n) is 2.16. The number of hydrogen-bond donors (Lipinski definition) is 2. The van der Waals surface area contributed by atoms with Crippen molar-refractivity contribution in [2.75, 3.05) is 6.61 Å². The lowest BCUT2D eigenvalue weighted by Crippen LogP contribution is -2.29. The number of benzene rings is 2. The van der Waals surface area contributed by atoms with E-state index in [1.54, 1.807) is 13.0 Å². The van der Waals surface area contributed by atoms with Gasteiger partial charge in [-0.15, -0.1) is 0 Å². The quantitative estimate of drug-likeness (QED) is 0.650. The topological polar surface area (TPSA) is 47.3 Å². The molecule has 4 heteroatoms. The minimum absolute atomic E-state index is 0.239. The van der Waals surface area contributed by atoms with E-state index in [0.29, 0.717) is 12.2 Å². The van der Waals surface area contributed by atoms with Crippen molar-refractivity contribution in [3.8, 4) is 5.75 Å². The molecule has 0 amide bonds. The summed E-state index contributed by atoms with van der Waals surface area (Å²) < 4.78 is 19.3. The van der Waals surface area contributed by atoms with Crippen molar-refractivity contribution in [1.82, 2.24) is 5.43 Å². The van der Waals surface area contributed by atoms with Crippen LogP contribution in [0.15, 0.2) is 42.5 Å². The lowest BCUT2D eigenvalue weighted by atomic mass is 9.97. The van der Waals surface area contributed by atoms with Gasteiger partial charge in [0.1, 0.15) is 11.6 Å². The summed E-state index contributed by atoms with van der Waals surface area (Å²) in [6, 6.07) is 12.4. The van der Waals surface area contributed by atoms with Crippen molar-refractivity contribution in [2.24, 2.45) is 5.84 Å². The summed E-state index contributed by atoms with van der Waals surface area (Å²) in [6.45, 7) is 4.22. The van der Waals surface area contributed by atoms with Gasteiger partial charge in [0.05, 0.1) is 12.6 Å². The third-order valence-electron chi connectivity index (χ3n) is 3.23. The molecular formula is C16H19FN2O. The Hall–Kier alpha value is -1.91. The van der Waals surface area contributed by atoms with Gasteiger partial charge in [0, 0.05) is 5.56 Å². The Balaban J connectivity index is 2.44. The molecule has 0 saturated carbocycles. The first-order valence-corrected chi connectivity index (χ1v) is 6.61. The largest absolute Gasteiger partial charge is 0.494 e. The number of nitrogens with two attached hydrogens (primary N) is 1. The van der Waals surface area contributed by atoms with Crippen LogP contribution in [0.1, 0.15) is 29.7 Å². The maximum atomic E-state index is 13.7. The molecule has 106 valence electrons. The second-order valence-corrected chi connectivity index (χ2v) is 4.58. The van der Waals surface area contributed by atoms with Crippen LogP contribution in [-0.4, -0.2) is 6.61 Å². The number of hydrazine groups is 1. The minimum atomic E-state index is -0.312. The first-order chi connectivity index (χ1) is 9.67. The van der Waals surface area contributed by atoms with Gasteiger partial charge < -0.3 is 4.74 Å². The van der Waals surface area contributed by atoms with Crippen molar-refractivity contribution in [3.05, 3.63) is 65.0 Å². The molecule has 0 bridgehead atoms. The average Bonchev–Trinajstić information content (AvgIpc) is 2.45. The van der Waals surface area contributed by atoms with Crippen LogP contribution in [0.5, 0.6) is 5.75 Å². The van der Waals surface area contributed by atoms with Crippen LogP contribution in [0.4, 0.5) is 4.39 Å². The number of hydrogen-bond acceptors (Lipinski definition) is 3. The molecule has 0 aliphatic carbocycles. The highest BCUT2D eigenvalue weighted by atomic mass is 19.1. The van der Waals surface area contributed by atoms with E-state index in [1.165, 1.54) is 6.07 Å². The Morgan fingerprint density at radius 2 is 2.00 bits per heavy atom. The van der Waals surface area contributed by atoms with E-state index in [9.17, 15) is 4.39 Å². The van der Waals surface area contributed by atoms with E-state index in [1.807, 2.05) is 37.3 Å². The Kier molecular flexibility index (Phi) is 4.71. The van der Waals surface area contributed by atoms with Gasteiger partial charge in [-0.2, -0.15) is 0 Å². The van der Waals surface area contributed by atoms with Crippen LogP contribution < -0.4 is 16.0 Å². The maximum absolute atomic E-state index is 13.7. The molecule has 2 aromatic rings. The second-order valence-electron chi connectivity index (χ2n) is 4.58. The summed E-state index contributed by atoms with van der Waals surface area (Å²) in [5.41, 5.74) is 5.00. The van der Waals surface area contributed by atoms with Crippen LogP contribution in [0.25, 0.3) is 0 Å². The monoisotopic (exact) mass is 274 g/mol. The van der Waals surface area contributed by atoms with E-state index >= 15 is 0 Å². The molecule has 0 radical (unpaired) electrons. The Morgan fingerprint density at radius 1 is 1.25 bits per heavy atom. The van der Waals surface area contributed by atoms with Crippen molar-refractivity contribution in [2.45, 2.75) is 19.9 Å². The summed E-state index contributed by atoms with van der Waals surface area (Å²) >= 11 is 0. The van der Waals surface area contributed by atoms with Gasteiger partial charge in [-0.1, -0.05) is 30.3 Å². The normalized spacial score (nSPS) is 12.2. The summed E-state index contributed by atoms with van der Waals surface area (Å²) in [5.74, 6) is 6.17. The molecular weight excluding hydrogens is 255 g/mol. The van der Waals surface area contributed by atoms with Crippen LogP contribution in [-0.2, 0) is 0 Å². The molecule has 3 N–H and O–H groups in total. The number of para-hydroxylation sites is 1. The van der Waals surface area contributed by atoms with Gasteiger partial charge in [-0.3, -0.25) is 5.84 Å². The number of aryl methyl sites for hydroxylation is 1.